The molecule has 0 bridgehead atoms. The second-order valence-electron chi connectivity index (χ2n) is 3.65. The standard InChI is InChI=1S/C14H9Br2NOS/c15-12-6-11(18-8-17-9-19)7-13(16)14(12)10-4-2-1-3-5-10/h1-7H,8H2. The predicted molar refractivity (Wildman–Crippen MR) is 87.8 cm³/mol. The van der Waals surface area contributed by atoms with Crippen molar-refractivity contribution >= 4 is 49.2 Å². The number of aliphatic imine (C=N–C) groups is 1. The van der Waals surface area contributed by atoms with Gasteiger partial charge in [0.2, 0.25) is 0 Å². The summed E-state index contributed by atoms with van der Waals surface area (Å²) in [5.74, 6) is 0.715. The van der Waals surface area contributed by atoms with E-state index in [9.17, 15) is 0 Å². The third kappa shape index (κ3) is 3.74. The molecule has 2 aromatic rings. The fourth-order valence-corrected chi connectivity index (χ4v) is 3.30. The summed E-state index contributed by atoms with van der Waals surface area (Å²) < 4.78 is 7.35. The fourth-order valence-electron chi connectivity index (χ4n) is 1.65. The second-order valence-corrected chi connectivity index (χ2v) is 5.54. The number of rotatable bonds is 4. The van der Waals surface area contributed by atoms with E-state index in [1.165, 1.54) is 0 Å². The van der Waals surface area contributed by atoms with E-state index in [0.29, 0.717) is 5.75 Å². The largest absolute Gasteiger partial charge is 0.471 e. The molecule has 0 N–H and O–H groups in total. The van der Waals surface area contributed by atoms with Crippen molar-refractivity contribution in [2.45, 2.75) is 0 Å². The van der Waals surface area contributed by atoms with Crippen LogP contribution < -0.4 is 4.74 Å². The van der Waals surface area contributed by atoms with Gasteiger partial charge in [-0.2, -0.15) is 4.99 Å². The van der Waals surface area contributed by atoms with Crippen LogP contribution in [-0.4, -0.2) is 11.9 Å². The monoisotopic (exact) mass is 397 g/mol. The Morgan fingerprint density at radius 1 is 1.11 bits per heavy atom. The van der Waals surface area contributed by atoms with E-state index in [4.69, 9.17) is 4.74 Å². The van der Waals surface area contributed by atoms with Crippen LogP contribution in [0.25, 0.3) is 11.1 Å². The molecule has 0 aliphatic heterocycles. The molecule has 0 unspecified atom stereocenters. The van der Waals surface area contributed by atoms with Gasteiger partial charge in [-0.05, 0) is 61.8 Å². The van der Waals surface area contributed by atoms with Crippen LogP contribution in [0.4, 0.5) is 0 Å². The number of halogens is 2. The molecule has 0 saturated heterocycles. The second kappa shape index (κ2) is 6.96. The molecule has 0 fully saturated rings. The Morgan fingerprint density at radius 2 is 1.74 bits per heavy atom. The van der Waals surface area contributed by atoms with Crippen LogP contribution in [0.3, 0.4) is 0 Å². The Morgan fingerprint density at radius 3 is 2.32 bits per heavy atom. The molecular formula is C14H9Br2NOS. The number of isothiocyanates is 1. The van der Waals surface area contributed by atoms with Gasteiger partial charge in [0.1, 0.15) is 5.75 Å². The molecule has 0 spiro atoms. The van der Waals surface area contributed by atoms with E-state index in [1.54, 1.807) is 0 Å². The van der Waals surface area contributed by atoms with Gasteiger partial charge in [0, 0.05) is 14.5 Å². The molecule has 0 heterocycles. The maximum absolute atomic E-state index is 5.44. The van der Waals surface area contributed by atoms with Crippen molar-refractivity contribution in [1.29, 1.82) is 0 Å². The molecule has 96 valence electrons. The van der Waals surface area contributed by atoms with E-state index in [2.05, 4.69) is 66.4 Å². The van der Waals surface area contributed by atoms with Gasteiger partial charge in [0.15, 0.2) is 6.73 Å². The average molecular weight is 399 g/mol. The number of nitrogens with zero attached hydrogens (tertiary/aromatic N) is 1. The van der Waals surface area contributed by atoms with Crippen LogP contribution >= 0.6 is 44.1 Å². The minimum Gasteiger partial charge on any atom is -0.471 e. The highest BCUT2D eigenvalue weighted by molar-refractivity contribution is 9.11. The summed E-state index contributed by atoms with van der Waals surface area (Å²) in [4.78, 5) is 3.72. The molecule has 0 atom stereocenters. The summed E-state index contributed by atoms with van der Waals surface area (Å²) in [6, 6.07) is 13.9. The fraction of sp³-hybridized carbons (Fsp3) is 0.0714. The van der Waals surface area contributed by atoms with Crippen molar-refractivity contribution in [1.82, 2.24) is 0 Å². The maximum Gasteiger partial charge on any atom is 0.188 e. The first-order valence-corrected chi connectivity index (χ1v) is 7.42. The van der Waals surface area contributed by atoms with Crippen LogP contribution in [0.2, 0.25) is 0 Å². The number of thiocarbonyl (C=S) groups is 1. The van der Waals surface area contributed by atoms with E-state index >= 15 is 0 Å². The molecule has 2 rings (SSSR count). The molecule has 2 nitrogen and oxygen atoms in total. The molecule has 0 amide bonds. The lowest BCUT2D eigenvalue weighted by atomic mass is 10.1. The highest BCUT2D eigenvalue weighted by Crippen LogP contribution is 2.38. The van der Waals surface area contributed by atoms with E-state index in [-0.39, 0.29) is 6.73 Å². The molecule has 19 heavy (non-hydrogen) atoms. The summed E-state index contributed by atoms with van der Waals surface area (Å²) in [5.41, 5.74) is 2.22. The van der Waals surface area contributed by atoms with Gasteiger partial charge >= 0.3 is 0 Å². The summed E-state index contributed by atoms with van der Waals surface area (Å²) >= 11 is 11.6. The van der Waals surface area contributed by atoms with Crippen molar-refractivity contribution in [2.24, 2.45) is 4.99 Å². The maximum atomic E-state index is 5.44. The van der Waals surface area contributed by atoms with Gasteiger partial charge in [-0.3, -0.25) is 0 Å². The number of benzene rings is 2. The Bertz CT molecular complexity index is 602. The van der Waals surface area contributed by atoms with Gasteiger partial charge in [-0.15, -0.1) is 0 Å². The number of ether oxygens (including phenoxy) is 1. The lowest BCUT2D eigenvalue weighted by molar-refractivity contribution is 0.332. The first-order valence-electron chi connectivity index (χ1n) is 5.43. The summed E-state index contributed by atoms with van der Waals surface area (Å²) in [5, 5.41) is 2.26. The zero-order valence-corrected chi connectivity index (χ0v) is 13.8. The Kier molecular flexibility index (Phi) is 5.28. The third-order valence-corrected chi connectivity index (χ3v) is 3.82. The molecule has 0 radical (unpaired) electrons. The summed E-state index contributed by atoms with van der Waals surface area (Å²) in [6.07, 6.45) is 0. The Balaban J connectivity index is 2.35. The molecular weight excluding hydrogens is 390 g/mol. The highest BCUT2D eigenvalue weighted by Gasteiger charge is 2.10. The average Bonchev–Trinajstić information content (AvgIpc) is 2.39. The van der Waals surface area contributed by atoms with Crippen LogP contribution in [0.1, 0.15) is 0 Å². The first-order chi connectivity index (χ1) is 9.22. The smallest absolute Gasteiger partial charge is 0.188 e. The number of hydrogen-bond acceptors (Lipinski definition) is 3. The molecule has 2 aromatic carbocycles. The van der Waals surface area contributed by atoms with Gasteiger partial charge in [0.05, 0.1) is 5.16 Å². The van der Waals surface area contributed by atoms with E-state index < -0.39 is 0 Å². The zero-order chi connectivity index (χ0) is 13.7. The van der Waals surface area contributed by atoms with Crippen molar-refractivity contribution in [2.75, 3.05) is 6.73 Å². The predicted octanol–water partition coefficient (Wildman–Crippen LogP) is 5.32. The van der Waals surface area contributed by atoms with Crippen molar-refractivity contribution < 1.29 is 4.74 Å². The van der Waals surface area contributed by atoms with Crippen LogP contribution in [-0.2, 0) is 0 Å². The van der Waals surface area contributed by atoms with Crippen molar-refractivity contribution in [3.05, 3.63) is 51.4 Å². The van der Waals surface area contributed by atoms with Gasteiger partial charge < -0.3 is 4.74 Å². The minimum absolute atomic E-state index is 0.174. The lowest BCUT2D eigenvalue weighted by Crippen LogP contribution is -1.94. The van der Waals surface area contributed by atoms with Gasteiger partial charge in [-0.1, -0.05) is 30.3 Å². The van der Waals surface area contributed by atoms with E-state index in [0.717, 1.165) is 20.1 Å². The topological polar surface area (TPSA) is 21.6 Å². The normalized spacial score (nSPS) is 9.79. The molecule has 5 heteroatoms. The zero-order valence-electron chi connectivity index (χ0n) is 9.77. The molecule has 0 saturated carbocycles. The first kappa shape index (κ1) is 14.4. The molecule has 0 aromatic heterocycles. The molecule has 0 aliphatic carbocycles. The van der Waals surface area contributed by atoms with Gasteiger partial charge in [0.25, 0.3) is 0 Å². The van der Waals surface area contributed by atoms with Crippen molar-refractivity contribution in [3.63, 3.8) is 0 Å². The van der Waals surface area contributed by atoms with Crippen LogP contribution in [0.5, 0.6) is 5.75 Å². The Hall–Kier alpha value is -1.00. The number of hydrogen-bond donors (Lipinski definition) is 0. The summed E-state index contributed by atoms with van der Waals surface area (Å²) in [7, 11) is 0. The van der Waals surface area contributed by atoms with Crippen molar-refractivity contribution in [3.8, 4) is 16.9 Å². The van der Waals surface area contributed by atoms with Crippen LogP contribution in [0, 0.1) is 0 Å². The lowest BCUT2D eigenvalue weighted by Gasteiger charge is -2.10. The quantitative estimate of drug-likeness (QED) is 0.513. The van der Waals surface area contributed by atoms with E-state index in [1.807, 2.05) is 30.3 Å². The Labute approximate surface area is 133 Å². The minimum atomic E-state index is 0.174. The highest BCUT2D eigenvalue weighted by atomic mass is 79.9. The summed E-state index contributed by atoms with van der Waals surface area (Å²) in [6.45, 7) is 0.174. The molecule has 0 aliphatic rings. The van der Waals surface area contributed by atoms with Crippen LogP contribution in [0.15, 0.2) is 56.4 Å². The SMILES string of the molecule is S=C=NCOc1cc(Br)c(-c2ccccc2)c(Br)c1. The third-order valence-electron chi connectivity index (χ3n) is 2.44. The van der Waals surface area contributed by atoms with Gasteiger partial charge in [-0.25, -0.2) is 0 Å².